The van der Waals surface area contributed by atoms with E-state index in [4.69, 9.17) is 0 Å². The van der Waals surface area contributed by atoms with Gasteiger partial charge in [-0.2, -0.15) is 0 Å². The molecule has 11 aromatic carbocycles. The van der Waals surface area contributed by atoms with Crippen LogP contribution in [-0.2, 0) is 0 Å². The molecule has 0 saturated heterocycles. The van der Waals surface area contributed by atoms with Gasteiger partial charge in [0.25, 0.3) is 0 Å². The molecule has 13 rings (SSSR count). The molecule has 304 valence electrons. The Morgan fingerprint density at radius 1 is 0.292 bits per heavy atom. The van der Waals surface area contributed by atoms with Crippen LogP contribution in [-0.4, -0.2) is 4.57 Å². The smallest absolute Gasteiger partial charge is 0.0541 e. The number of anilines is 3. The van der Waals surface area contributed by atoms with Crippen LogP contribution in [0.5, 0.6) is 0 Å². The molecule has 0 saturated carbocycles. The molecule has 0 N–H and O–H groups in total. The van der Waals surface area contributed by atoms with Crippen molar-refractivity contribution in [2.75, 3.05) is 4.90 Å². The molecule has 2 nitrogen and oxygen atoms in total. The number of rotatable bonds is 7. The molecule has 0 unspecified atom stereocenters. The highest BCUT2D eigenvalue weighted by atomic mass is 32.1. The van der Waals surface area contributed by atoms with Crippen LogP contribution in [0.15, 0.2) is 243 Å². The number of hydrogen-bond donors (Lipinski definition) is 0. The minimum absolute atomic E-state index is 1.09. The molecule has 0 aliphatic heterocycles. The van der Waals surface area contributed by atoms with Gasteiger partial charge in [0, 0.05) is 53.7 Å². The van der Waals surface area contributed by atoms with Gasteiger partial charge in [-0.25, -0.2) is 0 Å². The number of aromatic nitrogens is 1. The van der Waals surface area contributed by atoms with E-state index < -0.39 is 0 Å². The van der Waals surface area contributed by atoms with E-state index in [-0.39, 0.29) is 0 Å². The summed E-state index contributed by atoms with van der Waals surface area (Å²) in [7, 11) is 0. The summed E-state index contributed by atoms with van der Waals surface area (Å²) >= 11 is 1.91. The molecule has 65 heavy (non-hydrogen) atoms. The average molecular weight is 845 g/mol. The van der Waals surface area contributed by atoms with Gasteiger partial charge < -0.3 is 9.47 Å². The molecule has 0 fully saturated rings. The maximum Gasteiger partial charge on any atom is 0.0541 e. The zero-order valence-electron chi connectivity index (χ0n) is 35.4. The Morgan fingerprint density at radius 2 is 0.769 bits per heavy atom. The zero-order valence-corrected chi connectivity index (χ0v) is 36.2. The summed E-state index contributed by atoms with van der Waals surface area (Å²) in [6, 6.07) is 88.8. The number of fused-ring (bicyclic) bond motifs is 9. The van der Waals surface area contributed by atoms with Crippen LogP contribution >= 0.6 is 11.3 Å². The lowest BCUT2D eigenvalue weighted by Crippen LogP contribution is -2.09. The normalized spacial score (nSPS) is 11.7. The quantitative estimate of drug-likeness (QED) is 0.155. The highest BCUT2D eigenvalue weighted by Crippen LogP contribution is 2.44. The zero-order chi connectivity index (χ0) is 42.8. The van der Waals surface area contributed by atoms with E-state index in [0.717, 1.165) is 22.7 Å². The van der Waals surface area contributed by atoms with E-state index in [2.05, 4.69) is 252 Å². The van der Waals surface area contributed by atoms with Crippen LogP contribution in [0.3, 0.4) is 0 Å². The van der Waals surface area contributed by atoms with Crippen molar-refractivity contribution in [3.05, 3.63) is 243 Å². The number of hydrogen-bond acceptors (Lipinski definition) is 2. The fraction of sp³-hybridized carbons (Fsp3) is 0. The van der Waals surface area contributed by atoms with Crippen LogP contribution in [0.1, 0.15) is 0 Å². The van der Waals surface area contributed by atoms with Gasteiger partial charge in [-0.1, -0.05) is 182 Å². The van der Waals surface area contributed by atoms with E-state index in [1.54, 1.807) is 0 Å². The van der Waals surface area contributed by atoms with Crippen molar-refractivity contribution < 1.29 is 0 Å². The Morgan fingerprint density at radius 3 is 1.45 bits per heavy atom. The van der Waals surface area contributed by atoms with E-state index in [9.17, 15) is 0 Å². The molecule has 0 radical (unpaired) electrons. The molecule has 13 aromatic rings. The molecule has 0 aliphatic carbocycles. The lowest BCUT2D eigenvalue weighted by atomic mass is 9.98. The maximum absolute atomic E-state index is 2.39. The number of para-hydroxylation sites is 2. The van der Waals surface area contributed by atoms with Gasteiger partial charge in [-0.3, -0.25) is 0 Å². The summed E-state index contributed by atoms with van der Waals surface area (Å²) < 4.78 is 5.06. The van der Waals surface area contributed by atoms with Gasteiger partial charge in [0.2, 0.25) is 0 Å². The summed E-state index contributed by atoms with van der Waals surface area (Å²) in [6.07, 6.45) is 0. The van der Waals surface area contributed by atoms with Crippen molar-refractivity contribution in [1.82, 2.24) is 4.57 Å². The highest BCUT2D eigenvalue weighted by Gasteiger charge is 2.18. The van der Waals surface area contributed by atoms with Crippen molar-refractivity contribution >= 4 is 91.9 Å². The van der Waals surface area contributed by atoms with Crippen LogP contribution in [0.4, 0.5) is 17.1 Å². The molecule has 0 spiro atoms. The van der Waals surface area contributed by atoms with Crippen molar-refractivity contribution in [2.24, 2.45) is 0 Å². The SMILES string of the molecule is c1cc(-c2ccc(N(c3ccc(-c4cccc5ccccc45)cc3)c3ccc(-c4cccc5c4sc4c6ccccc6ccc54)cc3)cc2)cc(-n2c3ccccc3c3ccccc32)c1. The predicted octanol–water partition coefficient (Wildman–Crippen LogP) is 17.9. The lowest BCUT2D eigenvalue weighted by molar-refractivity contribution is 1.18. The van der Waals surface area contributed by atoms with Crippen molar-refractivity contribution in [2.45, 2.75) is 0 Å². The van der Waals surface area contributed by atoms with Crippen LogP contribution in [0.25, 0.3) is 103 Å². The maximum atomic E-state index is 2.39. The van der Waals surface area contributed by atoms with Crippen molar-refractivity contribution in [3.8, 4) is 39.1 Å². The second kappa shape index (κ2) is 15.2. The molecule has 2 heterocycles. The first kappa shape index (κ1) is 37.3. The summed E-state index contributed by atoms with van der Waals surface area (Å²) in [5.74, 6) is 0. The van der Waals surface area contributed by atoms with Gasteiger partial charge >= 0.3 is 0 Å². The van der Waals surface area contributed by atoms with Gasteiger partial charge in [0.05, 0.1) is 11.0 Å². The molecule has 0 aliphatic rings. The third-order valence-electron chi connectivity index (χ3n) is 13.2. The molecule has 0 atom stereocenters. The third kappa shape index (κ3) is 6.24. The van der Waals surface area contributed by atoms with Gasteiger partial charge in [-0.15, -0.1) is 11.3 Å². The summed E-state index contributed by atoms with van der Waals surface area (Å²) in [5, 5.41) is 10.3. The fourth-order valence-electron chi connectivity index (χ4n) is 10.1. The fourth-order valence-corrected chi connectivity index (χ4v) is 11.5. The molecule has 3 heteroatoms. The molecular weight excluding hydrogens is 805 g/mol. The molecule has 0 bridgehead atoms. The highest BCUT2D eigenvalue weighted by molar-refractivity contribution is 7.27. The van der Waals surface area contributed by atoms with Gasteiger partial charge in [0.15, 0.2) is 0 Å². The predicted molar refractivity (Wildman–Crippen MR) is 280 cm³/mol. The standard InChI is InChI=1S/C62H40N2S/c1-3-17-51-42(12-1)14-10-21-52(51)44-28-35-48(36-29-44)63(49-37-30-45(31-38-49)54-22-11-23-57-58-39-32-43-13-2-4-18-53(43)62(58)65-61(54)57)47-33-26-41(27-34-47)46-15-9-16-50(40-46)64-59-24-7-5-19-55(59)56-20-6-8-25-60(56)64/h1-40H. The van der Waals surface area contributed by atoms with Gasteiger partial charge in [-0.05, 0) is 116 Å². The molecule has 2 aromatic heterocycles. The topological polar surface area (TPSA) is 8.17 Å². The van der Waals surface area contributed by atoms with E-state index in [0.29, 0.717) is 0 Å². The largest absolute Gasteiger partial charge is 0.311 e. The average Bonchev–Trinajstić information content (AvgIpc) is 3.94. The minimum Gasteiger partial charge on any atom is -0.311 e. The van der Waals surface area contributed by atoms with E-state index in [1.807, 2.05) is 11.3 Å². The van der Waals surface area contributed by atoms with Crippen molar-refractivity contribution in [1.29, 1.82) is 0 Å². The first-order valence-corrected chi connectivity index (χ1v) is 23.1. The van der Waals surface area contributed by atoms with Crippen LogP contribution in [0.2, 0.25) is 0 Å². The number of thiophene rings is 1. The van der Waals surface area contributed by atoms with Crippen LogP contribution in [0, 0.1) is 0 Å². The summed E-state index contributed by atoms with van der Waals surface area (Å²) in [6.45, 7) is 0. The van der Waals surface area contributed by atoms with Gasteiger partial charge in [0.1, 0.15) is 0 Å². The van der Waals surface area contributed by atoms with Crippen molar-refractivity contribution in [3.63, 3.8) is 0 Å². The number of benzene rings is 11. The molecular formula is C62H40N2S. The van der Waals surface area contributed by atoms with E-state index >= 15 is 0 Å². The summed E-state index contributed by atoms with van der Waals surface area (Å²) in [5.41, 5.74) is 14.1. The first-order valence-electron chi connectivity index (χ1n) is 22.2. The second-order valence-corrected chi connectivity index (χ2v) is 17.9. The monoisotopic (exact) mass is 844 g/mol. The Labute approximate surface area is 381 Å². The second-order valence-electron chi connectivity index (χ2n) is 16.9. The Bertz CT molecular complexity index is 3870. The molecule has 0 amide bonds. The first-order chi connectivity index (χ1) is 32.2. The van der Waals surface area contributed by atoms with Crippen LogP contribution < -0.4 is 4.90 Å². The van der Waals surface area contributed by atoms with E-state index in [1.165, 1.54) is 96.9 Å². The Kier molecular flexibility index (Phi) is 8.75. The summed E-state index contributed by atoms with van der Waals surface area (Å²) in [4.78, 5) is 2.38. The minimum atomic E-state index is 1.09. The Hall–Kier alpha value is -8.24. The third-order valence-corrected chi connectivity index (χ3v) is 14.5. The number of nitrogens with zero attached hydrogens (tertiary/aromatic N) is 2. The lowest BCUT2D eigenvalue weighted by Gasteiger charge is -2.26. The Balaban J connectivity index is 0.894.